The van der Waals surface area contributed by atoms with E-state index in [-0.39, 0.29) is 12.5 Å². The second-order valence-corrected chi connectivity index (χ2v) is 6.28. The highest BCUT2D eigenvalue weighted by Gasteiger charge is 2.32. The van der Waals surface area contributed by atoms with Crippen LogP contribution in [0.15, 0.2) is 11.4 Å². The van der Waals surface area contributed by atoms with Crippen molar-refractivity contribution in [2.75, 3.05) is 13.2 Å². The van der Waals surface area contributed by atoms with E-state index in [2.05, 4.69) is 24.1 Å². The second-order valence-electron chi connectivity index (χ2n) is 5.37. The van der Waals surface area contributed by atoms with Gasteiger partial charge in [-0.15, -0.1) is 11.3 Å². The maximum absolute atomic E-state index is 12.3. The van der Waals surface area contributed by atoms with E-state index in [1.54, 1.807) is 0 Å². The number of hydrogen-bond acceptors (Lipinski definition) is 3. The molecular weight excluding hydrogens is 270 g/mol. The number of amides is 1. The zero-order chi connectivity index (χ0) is 14.4. The summed E-state index contributed by atoms with van der Waals surface area (Å²) in [5.74, 6) is 5.38. The summed E-state index contributed by atoms with van der Waals surface area (Å²) in [6, 6.07) is 1.83. The van der Waals surface area contributed by atoms with Crippen LogP contribution < -0.4 is 5.32 Å². The van der Waals surface area contributed by atoms with Crippen molar-refractivity contribution >= 4 is 17.2 Å². The van der Waals surface area contributed by atoms with E-state index in [0.29, 0.717) is 15.9 Å². The summed E-state index contributed by atoms with van der Waals surface area (Å²) >= 11 is 1.40. The molecule has 0 bridgehead atoms. The first-order valence-corrected chi connectivity index (χ1v) is 8.04. The quantitative estimate of drug-likeness (QED) is 0.838. The molecule has 0 aromatic carbocycles. The number of thiophene rings is 1. The molecule has 2 rings (SSSR count). The van der Waals surface area contributed by atoms with Crippen molar-refractivity contribution in [3.63, 3.8) is 0 Å². The van der Waals surface area contributed by atoms with E-state index in [1.165, 1.54) is 37.0 Å². The Morgan fingerprint density at radius 1 is 1.50 bits per heavy atom. The summed E-state index contributed by atoms with van der Waals surface area (Å²) in [6.07, 6.45) is 6.09. The Morgan fingerprint density at radius 2 is 2.25 bits per heavy atom. The molecule has 0 spiro atoms. The highest BCUT2D eigenvalue weighted by atomic mass is 32.1. The summed E-state index contributed by atoms with van der Waals surface area (Å²) in [7, 11) is 0. The van der Waals surface area contributed by atoms with Crippen molar-refractivity contribution in [1.29, 1.82) is 0 Å². The van der Waals surface area contributed by atoms with Crippen molar-refractivity contribution < 1.29 is 9.90 Å². The second kappa shape index (κ2) is 6.92. The van der Waals surface area contributed by atoms with Crippen molar-refractivity contribution in [1.82, 2.24) is 5.32 Å². The van der Waals surface area contributed by atoms with Crippen molar-refractivity contribution in [3.8, 4) is 11.8 Å². The predicted molar refractivity (Wildman–Crippen MR) is 81.8 cm³/mol. The molecule has 0 radical (unpaired) electrons. The summed E-state index contributed by atoms with van der Waals surface area (Å²) in [5, 5.41) is 13.7. The van der Waals surface area contributed by atoms with Gasteiger partial charge in [-0.25, -0.2) is 0 Å². The van der Waals surface area contributed by atoms with Gasteiger partial charge < -0.3 is 10.4 Å². The van der Waals surface area contributed by atoms with Crippen molar-refractivity contribution in [2.24, 2.45) is 5.41 Å². The number of carbonyl (C=O) groups excluding carboxylic acids is 1. The van der Waals surface area contributed by atoms with Crippen molar-refractivity contribution in [3.05, 3.63) is 21.9 Å². The maximum atomic E-state index is 12.3. The molecule has 1 aliphatic carbocycles. The first-order valence-electron chi connectivity index (χ1n) is 7.16. The highest BCUT2D eigenvalue weighted by molar-refractivity contribution is 7.12. The lowest BCUT2D eigenvalue weighted by Gasteiger charge is -2.27. The van der Waals surface area contributed by atoms with Crippen LogP contribution in [0.2, 0.25) is 0 Å². The average molecular weight is 291 g/mol. The van der Waals surface area contributed by atoms with Gasteiger partial charge in [-0.2, -0.15) is 0 Å². The van der Waals surface area contributed by atoms with E-state index < -0.39 is 0 Å². The molecule has 1 aliphatic rings. The lowest BCUT2D eigenvalue weighted by Crippen LogP contribution is -2.35. The van der Waals surface area contributed by atoms with Gasteiger partial charge in [0.25, 0.3) is 5.91 Å². The summed E-state index contributed by atoms with van der Waals surface area (Å²) < 4.78 is 0. The van der Waals surface area contributed by atoms with Crippen LogP contribution in [0.1, 0.15) is 54.3 Å². The Balaban J connectivity index is 2.00. The summed E-state index contributed by atoms with van der Waals surface area (Å²) in [4.78, 5) is 12.9. The van der Waals surface area contributed by atoms with Gasteiger partial charge in [-0.1, -0.05) is 31.6 Å². The number of rotatable bonds is 4. The summed E-state index contributed by atoms with van der Waals surface area (Å²) in [6.45, 7) is 2.78. The lowest BCUT2D eigenvalue weighted by molar-refractivity contribution is 0.0932. The molecular formula is C16H21NO2S. The zero-order valence-corrected chi connectivity index (χ0v) is 12.7. The van der Waals surface area contributed by atoms with E-state index >= 15 is 0 Å². The molecule has 1 aromatic rings. The number of aliphatic hydroxyl groups is 1. The Kier molecular flexibility index (Phi) is 5.22. The molecule has 1 saturated carbocycles. The number of carbonyl (C=O) groups is 1. The van der Waals surface area contributed by atoms with Crippen LogP contribution in [0.25, 0.3) is 0 Å². The van der Waals surface area contributed by atoms with Gasteiger partial charge in [0.15, 0.2) is 0 Å². The molecule has 1 aromatic heterocycles. The smallest absolute Gasteiger partial charge is 0.262 e. The molecule has 108 valence electrons. The molecule has 20 heavy (non-hydrogen) atoms. The number of nitrogens with one attached hydrogen (secondary N) is 1. The Bertz CT molecular complexity index is 518. The minimum Gasteiger partial charge on any atom is -0.384 e. The molecule has 1 fully saturated rings. The van der Waals surface area contributed by atoms with Crippen LogP contribution in [-0.2, 0) is 0 Å². The standard InChI is InChI=1S/C16H21NO2S/c1-2-16(8-3-4-9-16)12-17-15(19)14-13(6-5-10-18)7-11-20-14/h7,11,18H,2-4,8-10,12H2,1H3,(H,17,19). The average Bonchev–Trinajstić information content (AvgIpc) is 3.12. The first-order chi connectivity index (χ1) is 9.71. The van der Waals surface area contributed by atoms with E-state index in [9.17, 15) is 4.79 Å². The monoisotopic (exact) mass is 291 g/mol. The fraction of sp³-hybridized carbons (Fsp3) is 0.562. The molecule has 1 amide bonds. The van der Waals surface area contributed by atoms with Gasteiger partial charge in [0.1, 0.15) is 11.5 Å². The molecule has 0 unspecified atom stereocenters. The predicted octanol–water partition coefficient (Wildman–Crippen LogP) is 2.79. The topological polar surface area (TPSA) is 49.3 Å². The molecule has 4 heteroatoms. The van der Waals surface area contributed by atoms with Crippen LogP contribution in [0.4, 0.5) is 0 Å². The molecule has 2 N–H and O–H groups in total. The molecule has 0 aliphatic heterocycles. The number of aliphatic hydroxyl groups excluding tert-OH is 1. The summed E-state index contributed by atoms with van der Waals surface area (Å²) in [5.41, 5.74) is 1.00. The molecule has 3 nitrogen and oxygen atoms in total. The molecule has 0 saturated heterocycles. The van der Waals surface area contributed by atoms with Gasteiger partial charge in [-0.05, 0) is 36.1 Å². The van der Waals surface area contributed by atoms with Crippen molar-refractivity contribution in [2.45, 2.75) is 39.0 Å². The normalized spacial score (nSPS) is 16.5. The van der Waals surface area contributed by atoms with Crippen LogP contribution in [0, 0.1) is 17.3 Å². The van der Waals surface area contributed by atoms with Gasteiger partial charge in [-0.3, -0.25) is 4.79 Å². The Labute approximate surface area is 124 Å². The third-order valence-electron chi connectivity index (χ3n) is 4.21. The van der Waals surface area contributed by atoms with E-state index in [1.807, 2.05) is 11.4 Å². The first kappa shape index (κ1) is 15.1. The van der Waals surface area contributed by atoms with Gasteiger partial charge in [0.05, 0.1) is 0 Å². The SMILES string of the molecule is CCC1(CNC(=O)c2sccc2C#CCO)CCCC1. The van der Waals surface area contributed by atoms with Gasteiger partial charge in [0, 0.05) is 12.1 Å². The minimum atomic E-state index is -0.185. The molecule has 0 atom stereocenters. The van der Waals surface area contributed by atoms with Crippen LogP contribution in [-0.4, -0.2) is 24.2 Å². The fourth-order valence-electron chi connectivity index (χ4n) is 2.85. The Morgan fingerprint density at radius 3 is 2.90 bits per heavy atom. The third-order valence-corrected chi connectivity index (χ3v) is 5.12. The van der Waals surface area contributed by atoms with Crippen LogP contribution in [0.5, 0.6) is 0 Å². The number of hydrogen-bond donors (Lipinski definition) is 2. The van der Waals surface area contributed by atoms with E-state index in [4.69, 9.17) is 5.11 Å². The third kappa shape index (κ3) is 3.41. The minimum absolute atomic E-state index is 0.0398. The molecule has 1 heterocycles. The van der Waals surface area contributed by atoms with Crippen LogP contribution in [0.3, 0.4) is 0 Å². The Hall–Kier alpha value is -1.31. The van der Waals surface area contributed by atoms with Gasteiger partial charge >= 0.3 is 0 Å². The largest absolute Gasteiger partial charge is 0.384 e. The van der Waals surface area contributed by atoms with E-state index in [0.717, 1.165) is 13.0 Å². The maximum Gasteiger partial charge on any atom is 0.262 e. The fourth-order valence-corrected chi connectivity index (χ4v) is 3.61. The van der Waals surface area contributed by atoms with Crippen LogP contribution >= 0.6 is 11.3 Å². The lowest BCUT2D eigenvalue weighted by atomic mass is 9.83. The highest BCUT2D eigenvalue weighted by Crippen LogP contribution is 2.40. The zero-order valence-electron chi connectivity index (χ0n) is 11.9. The van der Waals surface area contributed by atoms with Gasteiger partial charge in [0.2, 0.25) is 0 Å².